The second-order valence-electron chi connectivity index (χ2n) is 7.55. The lowest BCUT2D eigenvalue weighted by molar-refractivity contribution is -0.132. The minimum atomic E-state index is -0.336. The highest BCUT2D eigenvalue weighted by Crippen LogP contribution is 2.40. The number of carbonyl (C=O) groups excluding carboxylic acids is 1. The van der Waals surface area contributed by atoms with Crippen molar-refractivity contribution in [2.45, 2.75) is 76.7 Å². The van der Waals surface area contributed by atoms with Gasteiger partial charge in [-0.3, -0.25) is 4.79 Å². The van der Waals surface area contributed by atoms with Gasteiger partial charge in [0.2, 0.25) is 17.6 Å². The van der Waals surface area contributed by atoms with E-state index < -0.39 is 0 Å². The van der Waals surface area contributed by atoms with E-state index in [2.05, 4.69) is 17.1 Å². The topological polar surface area (TPSA) is 68.5 Å². The predicted molar refractivity (Wildman–Crippen MR) is 94.0 cm³/mol. The normalized spacial score (nSPS) is 21.0. The SMILES string of the molecule is CCCCC(=O)N1CCC(Cc2nc(C3(OC)CCCC3)no2)CC1. The number of piperidine rings is 1. The average molecular weight is 349 g/mol. The molecule has 3 rings (SSSR count). The third kappa shape index (κ3) is 4.22. The maximum absolute atomic E-state index is 12.1. The molecule has 0 aromatic carbocycles. The Balaban J connectivity index is 1.50. The van der Waals surface area contributed by atoms with Crippen molar-refractivity contribution < 1.29 is 14.1 Å². The number of likely N-dealkylation sites (tertiary alicyclic amines) is 1. The molecule has 1 aromatic rings. The van der Waals surface area contributed by atoms with Gasteiger partial charge < -0.3 is 14.2 Å². The monoisotopic (exact) mass is 349 g/mol. The summed E-state index contributed by atoms with van der Waals surface area (Å²) in [5.41, 5.74) is -0.336. The summed E-state index contributed by atoms with van der Waals surface area (Å²) >= 11 is 0. The van der Waals surface area contributed by atoms with E-state index in [1.54, 1.807) is 7.11 Å². The van der Waals surface area contributed by atoms with Crippen LogP contribution in [-0.4, -0.2) is 41.1 Å². The molecule has 0 atom stereocenters. The van der Waals surface area contributed by atoms with Crippen molar-refractivity contribution in [3.05, 3.63) is 11.7 Å². The second-order valence-corrected chi connectivity index (χ2v) is 7.55. The van der Waals surface area contributed by atoms with Gasteiger partial charge in [-0.25, -0.2) is 0 Å². The molecule has 0 unspecified atom stereocenters. The average Bonchev–Trinajstić information content (AvgIpc) is 3.30. The van der Waals surface area contributed by atoms with Gasteiger partial charge in [-0.1, -0.05) is 18.5 Å². The van der Waals surface area contributed by atoms with E-state index in [4.69, 9.17) is 9.26 Å². The fourth-order valence-electron chi connectivity index (χ4n) is 4.11. The van der Waals surface area contributed by atoms with E-state index in [-0.39, 0.29) is 5.60 Å². The van der Waals surface area contributed by atoms with Crippen LogP contribution in [0.4, 0.5) is 0 Å². The quantitative estimate of drug-likeness (QED) is 0.754. The van der Waals surface area contributed by atoms with E-state index in [0.29, 0.717) is 24.1 Å². The van der Waals surface area contributed by atoms with E-state index in [1.165, 1.54) is 0 Å². The highest BCUT2D eigenvalue weighted by molar-refractivity contribution is 5.76. The number of amides is 1. The van der Waals surface area contributed by atoms with Crippen LogP contribution >= 0.6 is 0 Å². The van der Waals surface area contributed by atoms with Crippen molar-refractivity contribution >= 4 is 5.91 Å². The fourth-order valence-corrected chi connectivity index (χ4v) is 4.11. The number of hydrogen-bond donors (Lipinski definition) is 0. The molecule has 0 spiro atoms. The van der Waals surface area contributed by atoms with Crippen molar-refractivity contribution in [3.63, 3.8) is 0 Å². The Morgan fingerprint density at radius 3 is 2.68 bits per heavy atom. The smallest absolute Gasteiger partial charge is 0.227 e. The van der Waals surface area contributed by atoms with Gasteiger partial charge in [0.15, 0.2) is 0 Å². The number of hydrogen-bond acceptors (Lipinski definition) is 5. The molecule has 1 amide bonds. The first-order valence-electron chi connectivity index (χ1n) is 9.83. The number of methoxy groups -OCH3 is 1. The predicted octanol–water partition coefficient (Wildman–Crippen LogP) is 3.46. The number of aromatic nitrogens is 2. The van der Waals surface area contributed by atoms with Gasteiger partial charge >= 0.3 is 0 Å². The van der Waals surface area contributed by atoms with Crippen LogP contribution in [0.3, 0.4) is 0 Å². The zero-order valence-electron chi connectivity index (χ0n) is 15.6. The third-order valence-electron chi connectivity index (χ3n) is 5.85. The third-order valence-corrected chi connectivity index (χ3v) is 5.85. The summed E-state index contributed by atoms with van der Waals surface area (Å²) in [6.45, 7) is 3.84. The summed E-state index contributed by atoms with van der Waals surface area (Å²) < 4.78 is 11.2. The van der Waals surface area contributed by atoms with Crippen molar-refractivity contribution in [1.29, 1.82) is 0 Å². The van der Waals surface area contributed by atoms with Crippen LogP contribution in [0.25, 0.3) is 0 Å². The Hall–Kier alpha value is -1.43. The van der Waals surface area contributed by atoms with Crippen LogP contribution in [0.1, 0.15) is 76.4 Å². The first kappa shape index (κ1) is 18.4. The Labute approximate surface area is 150 Å². The molecule has 2 fully saturated rings. The standard InChI is InChI=1S/C19H31N3O3/c1-3-4-7-17(23)22-12-8-15(9-13-22)14-16-20-18(21-25-16)19(24-2)10-5-6-11-19/h15H,3-14H2,1-2H3. The number of carbonyl (C=O) groups is 1. The first-order chi connectivity index (χ1) is 12.2. The zero-order chi connectivity index (χ0) is 17.7. The van der Waals surface area contributed by atoms with Gasteiger partial charge in [0.05, 0.1) is 0 Å². The molecule has 0 radical (unpaired) electrons. The van der Waals surface area contributed by atoms with Crippen molar-refractivity contribution in [3.8, 4) is 0 Å². The molecule has 140 valence electrons. The van der Waals surface area contributed by atoms with E-state index in [1.807, 2.05) is 4.90 Å². The Kier molecular flexibility index (Phi) is 6.10. The minimum Gasteiger partial charge on any atom is -0.370 e. The van der Waals surface area contributed by atoms with Gasteiger partial charge in [-0.2, -0.15) is 4.98 Å². The Bertz CT molecular complexity index is 558. The maximum Gasteiger partial charge on any atom is 0.227 e. The molecular weight excluding hydrogens is 318 g/mol. The molecule has 25 heavy (non-hydrogen) atoms. The molecule has 1 saturated heterocycles. The lowest BCUT2D eigenvalue weighted by Crippen LogP contribution is -2.38. The molecule has 1 saturated carbocycles. The largest absolute Gasteiger partial charge is 0.370 e. The number of ether oxygens (including phenoxy) is 1. The summed E-state index contributed by atoms with van der Waals surface area (Å²) in [5.74, 6) is 2.26. The fraction of sp³-hybridized carbons (Fsp3) is 0.842. The molecule has 1 aliphatic heterocycles. The second kappa shape index (κ2) is 8.30. The summed E-state index contributed by atoms with van der Waals surface area (Å²) in [6.07, 6.45) is 9.86. The maximum atomic E-state index is 12.1. The summed E-state index contributed by atoms with van der Waals surface area (Å²) in [4.78, 5) is 18.8. The van der Waals surface area contributed by atoms with Gasteiger partial charge in [-0.05, 0) is 50.9 Å². The first-order valence-corrected chi connectivity index (χ1v) is 9.83. The molecule has 0 N–H and O–H groups in total. The molecular formula is C19H31N3O3. The van der Waals surface area contributed by atoms with E-state index in [0.717, 1.165) is 76.7 Å². The summed E-state index contributed by atoms with van der Waals surface area (Å²) in [7, 11) is 1.74. The van der Waals surface area contributed by atoms with Crippen LogP contribution in [0, 0.1) is 5.92 Å². The van der Waals surface area contributed by atoms with Crippen LogP contribution in [0.15, 0.2) is 4.52 Å². The van der Waals surface area contributed by atoms with Crippen LogP contribution in [0.2, 0.25) is 0 Å². The molecule has 0 bridgehead atoms. The van der Waals surface area contributed by atoms with Gasteiger partial charge in [0, 0.05) is 33.0 Å². The van der Waals surface area contributed by atoms with Crippen LogP contribution in [-0.2, 0) is 21.6 Å². The Morgan fingerprint density at radius 1 is 1.32 bits per heavy atom. The zero-order valence-corrected chi connectivity index (χ0v) is 15.6. The lowest BCUT2D eigenvalue weighted by atomic mass is 9.93. The van der Waals surface area contributed by atoms with Gasteiger partial charge in [0.1, 0.15) is 5.60 Å². The van der Waals surface area contributed by atoms with Gasteiger partial charge in [-0.15, -0.1) is 0 Å². The molecule has 2 heterocycles. The highest BCUT2D eigenvalue weighted by Gasteiger charge is 2.40. The highest BCUT2D eigenvalue weighted by atomic mass is 16.5. The summed E-state index contributed by atoms with van der Waals surface area (Å²) in [5, 5.41) is 4.21. The van der Waals surface area contributed by atoms with Crippen molar-refractivity contribution in [1.82, 2.24) is 15.0 Å². The number of unbranched alkanes of at least 4 members (excludes halogenated alkanes) is 1. The van der Waals surface area contributed by atoms with Crippen LogP contribution < -0.4 is 0 Å². The number of rotatable bonds is 7. The molecule has 1 aliphatic carbocycles. The van der Waals surface area contributed by atoms with Crippen molar-refractivity contribution in [2.75, 3.05) is 20.2 Å². The number of nitrogens with zero attached hydrogens (tertiary/aromatic N) is 3. The molecule has 6 nitrogen and oxygen atoms in total. The van der Waals surface area contributed by atoms with Gasteiger partial charge in [0.25, 0.3) is 0 Å². The van der Waals surface area contributed by atoms with Crippen LogP contribution in [0.5, 0.6) is 0 Å². The van der Waals surface area contributed by atoms with E-state index >= 15 is 0 Å². The molecule has 1 aromatic heterocycles. The lowest BCUT2D eigenvalue weighted by Gasteiger charge is -2.31. The summed E-state index contributed by atoms with van der Waals surface area (Å²) in [6, 6.07) is 0. The minimum absolute atomic E-state index is 0.309. The van der Waals surface area contributed by atoms with Crippen molar-refractivity contribution in [2.24, 2.45) is 5.92 Å². The Morgan fingerprint density at radius 2 is 2.04 bits per heavy atom. The van der Waals surface area contributed by atoms with E-state index in [9.17, 15) is 4.79 Å². The molecule has 6 heteroatoms. The molecule has 2 aliphatic rings.